The SMILES string of the molecule is CCN(Cc1ccncc1)C(=O)c1c(C)oc2ncn(CCOC)c(=O)c12. The molecule has 0 unspecified atom stereocenters. The van der Waals surface area contributed by atoms with E-state index in [0.29, 0.717) is 32.0 Å². The molecule has 0 fully saturated rings. The molecule has 27 heavy (non-hydrogen) atoms. The summed E-state index contributed by atoms with van der Waals surface area (Å²) < 4.78 is 12.0. The molecule has 0 N–H and O–H groups in total. The lowest BCUT2D eigenvalue weighted by molar-refractivity contribution is 0.0752. The molecule has 8 heteroatoms. The van der Waals surface area contributed by atoms with E-state index in [0.717, 1.165) is 5.56 Å². The molecule has 1 amide bonds. The molecule has 142 valence electrons. The van der Waals surface area contributed by atoms with Crippen LogP contribution in [0.1, 0.15) is 28.6 Å². The van der Waals surface area contributed by atoms with Crippen molar-refractivity contribution in [3.05, 3.63) is 58.1 Å². The Morgan fingerprint density at radius 2 is 2.07 bits per heavy atom. The number of hydrogen-bond donors (Lipinski definition) is 0. The summed E-state index contributed by atoms with van der Waals surface area (Å²) in [6.07, 6.45) is 4.78. The fourth-order valence-corrected chi connectivity index (χ4v) is 2.94. The molecule has 0 bridgehead atoms. The summed E-state index contributed by atoms with van der Waals surface area (Å²) in [5, 5.41) is 0.212. The van der Waals surface area contributed by atoms with Gasteiger partial charge in [0.15, 0.2) is 0 Å². The van der Waals surface area contributed by atoms with Crippen LogP contribution >= 0.6 is 0 Å². The fourth-order valence-electron chi connectivity index (χ4n) is 2.94. The molecule has 3 rings (SSSR count). The Balaban J connectivity index is 2.02. The Labute approximate surface area is 156 Å². The first-order valence-corrected chi connectivity index (χ1v) is 8.72. The van der Waals surface area contributed by atoms with Gasteiger partial charge in [0, 0.05) is 32.6 Å². The van der Waals surface area contributed by atoms with Crippen molar-refractivity contribution in [1.29, 1.82) is 0 Å². The minimum absolute atomic E-state index is 0.175. The van der Waals surface area contributed by atoms with Crippen LogP contribution < -0.4 is 5.56 Å². The molecule has 0 spiro atoms. The molecule has 3 heterocycles. The van der Waals surface area contributed by atoms with Gasteiger partial charge in [-0.25, -0.2) is 4.98 Å². The van der Waals surface area contributed by atoms with Crippen LogP contribution in [0.25, 0.3) is 11.1 Å². The van der Waals surface area contributed by atoms with E-state index in [4.69, 9.17) is 9.15 Å². The van der Waals surface area contributed by atoms with Crippen LogP contribution in [0, 0.1) is 6.92 Å². The quantitative estimate of drug-likeness (QED) is 0.632. The molecule has 3 aromatic rings. The molecule has 0 aromatic carbocycles. The Bertz CT molecular complexity index is 994. The van der Waals surface area contributed by atoms with Gasteiger partial charge >= 0.3 is 0 Å². The van der Waals surface area contributed by atoms with Crippen LogP contribution in [-0.2, 0) is 17.8 Å². The number of methoxy groups -OCH3 is 1. The number of amides is 1. The topological polar surface area (TPSA) is 90.5 Å². The van der Waals surface area contributed by atoms with E-state index in [1.165, 1.54) is 10.9 Å². The highest BCUT2D eigenvalue weighted by Gasteiger charge is 2.26. The van der Waals surface area contributed by atoms with Gasteiger partial charge < -0.3 is 14.1 Å². The normalized spacial score (nSPS) is 11.1. The minimum atomic E-state index is -0.308. The number of hydrogen-bond acceptors (Lipinski definition) is 6. The van der Waals surface area contributed by atoms with Crippen LogP contribution in [0.5, 0.6) is 0 Å². The average molecular weight is 370 g/mol. The van der Waals surface area contributed by atoms with Crippen molar-refractivity contribution >= 4 is 17.0 Å². The van der Waals surface area contributed by atoms with E-state index in [2.05, 4.69) is 9.97 Å². The van der Waals surface area contributed by atoms with Crippen molar-refractivity contribution < 1.29 is 13.9 Å². The molecule has 0 aliphatic carbocycles. The molecular weight excluding hydrogens is 348 g/mol. The summed E-state index contributed by atoms with van der Waals surface area (Å²) in [5.41, 5.74) is 1.10. The second kappa shape index (κ2) is 8.13. The first-order valence-electron chi connectivity index (χ1n) is 8.72. The maximum Gasteiger partial charge on any atom is 0.265 e. The molecular formula is C19H22N4O4. The van der Waals surface area contributed by atoms with Gasteiger partial charge in [0.05, 0.1) is 18.7 Å². The van der Waals surface area contributed by atoms with Crippen molar-refractivity contribution in [2.75, 3.05) is 20.3 Å². The number of nitrogens with zero attached hydrogens (tertiary/aromatic N) is 4. The van der Waals surface area contributed by atoms with Crippen LogP contribution in [-0.4, -0.2) is 45.6 Å². The van der Waals surface area contributed by atoms with Crippen molar-refractivity contribution in [2.45, 2.75) is 26.9 Å². The standard InChI is InChI=1S/C19H22N4O4/c1-4-22(11-14-5-7-20-8-6-14)18(24)15-13(2)27-17-16(15)19(25)23(12-21-17)9-10-26-3/h5-8,12H,4,9-11H2,1-3H3. The molecule has 0 radical (unpaired) electrons. The summed E-state index contributed by atoms with van der Waals surface area (Å²) in [4.78, 5) is 35.9. The Hall–Kier alpha value is -3.00. The van der Waals surface area contributed by atoms with E-state index in [-0.39, 0.29) is 28.1 Å². The number of carbonyl (C=O) groups excluding carboxylic acids is 1. The first kappa shape index (κ1) is 18.8. The van der Waals surface area contributed by atoms with Gasteiger partial charge in [-0.3, -0.25) is 19.1 Å². The predicted octanol–water partition coefficient (Wildman–Crippen LogP) is 2.00. The van der Waals surface area contributed by atoms with E-state index >= 15 is 0 Å². The predicted molar refractivity (Wildman–Crippen MR) is 99.5 cm³/mol. The molecule has 0 aliphatic heterocycles. The van der Waals surface area contributed by atoms with Crippen LogP contribution in [0.4, 0.5) is 0 Å². The van der Waals surface area contributed by atoms with Crippen LogP contribution in [0.3, 0.4) is 0 Å². The number of fused-ring (bicyclic) bond motifs is 1. The lowest BCUT2D eigenvalue weighted by Gasteiger charge is -2.20. The van der Waals surface area contributed by atoms with Gasteiger partial charge in [-0.1, -0.05) is 0 Å². The Morgan fingerprint density at radius 3 is 2.74 bits per heavy atom. The number of rotatable bonds is 7. The molecule has 0 saturated carbocycles. The third-order valence-electron chi connectivity index (χ3n) is 4.40. The second-order valence-corrected chi connectivity index (χ2v) is 6.12. The third kappa shape index (κ3) is 3.75. The van der Waals surface area contributed by atoms with Crippen LogP contribution in [0.2, 0.25) is 0 Å². The van der Waals surface area contributed by atoms with Gasteiger partial charge in [-0.15, -0.1) is 0 Å². The maximum absolute atomic E-state index is 13.2. The summed E-state index contributed by atoms with van der Waals surface area (Å²) in [6.45, 7) is 5.20. The van der Waals surface area contributed by atoms with Crippen molar-refractivity contribution in [3.63, 3.8) is 0 Å². The lowest BCUT2D eigenvalue weighted by Crippen LogP contribution is -2.32. The van der Waals surface area contributed by atoms with E-state index in [9.17, 15) is 9.59 Å². The summed E-state index contributed by atoms with van der Waals surface area (Å²) in [7, 11) is 1.56. The van der Waals surface area contributed by atoms with Crippen LogP contribution in [0.15, 0.2) is 40.1 Å². The smallest absolute Gasteiger partial charge is 0.265 e. The molecule has 0 aliphatic rings. The van der Waals surface area contributed by atoms with Crippen molar-refractivity contribution in [1.82, 2.24) is 19.4 Å². The zero-order valence-corrected chi connectivity index (χ0v) is 15.6. The summed E-state index contributed by atoms with van der Waals surface area (Å²) in [6, 6.07) is 3.71. The summed E-state index contributed by atoms with van der Waals surface area (Å²) >= 11 is 0. The van der Waals surface area contributed by atoms with E-state index in [1.807, 2.05) is 19.1 Å². The first-order chi connectivity index (χ1) is 13.1. The third-order valence-corrected chi connectivity index (χ3v) is 4.40. The average Bonchev–Trinajstić information content (AvgIpc) is 3.02. The monoisotopic (exact) mass is 370 g/mol. The highest BCUT2D eigenvalue weighted by atomic mass is 16.5. The number of aryl methyl sites for hydroxylation is 1. The number of pyridine rings is 1. The Kier molecular flexibility index (Phi) is 5.66. The lowest BCUT2D eigenvalue weighted by atomic mass is 10.1. The number of carbonyl (C=O) groups is 1. The minimum Gasteiger partial charge on any atom is -0.442 e. The molecule has 0 saturated heterocycles. The van der Waals surface area contributed by atoms with E-state index in [1.54, 1.807) is 31.3 Å². The van der Waals surface area contributed by atoms with Gasteiger partial charge in [-0.05, 0) is 31.5 Å². The second-order valence-electron chi connectivity index (χ2n) is 6.12. The van der Waals surface area contributed by atoms with Gasteiger partial charge in [0.25, 0.3) is 11.5 Å². The zero-order valence-electron chi connectivity index (χ0n) is 15.6. The van der Waals surface area contributed by atoms with Gasteiger partial charge in [-0.2, -0.15) is 0 Å². The van der Waals surface area contributed by atoms with Crippen molar-refractivity contribution in [2.24, 2.45) is 0 Å². The maximum atomic E-state index is 13.2. The van der Waals surface area contributed by atoms with Gasteiger partial charge in [0.1, 0.15) is 17.5 Å². The summed E-state index contributed by atoms with van der Waals surface area (Å²) in [5.74, 6) is 0.131. The Morgan fingerprint density at radius 1 is 1.33 bits per heavy atom. The largest absolute Gasteiger partial charge is 0.442 e. The number of ether oxygens (including phenoxy) is 1. The van der Waals surface area contributed by atoms with Crippen molar-refractivity contribution in [3.8, 4) is 0 Å². The molecule has 0 atom stereocenters. The number of furan rings is 1. The highest BCUT2D eigenvalue weighted by molar-refractivity contribution is 6.06. The van der Waals surface area contributed by atoms with E-state index < -0.39 is 0 Å². The highest BCUT2D eigenvalue weighted by Crippen LogP contribution is 2.23. The fraction of sp³-hybridized carbons (Fsp3) is 0.368. The molecule has 3 aromatic heterocycles. The number of aromatic nitrogens is 3. The van der Waals surface area contributed by atoms with Gasteiger partial charge in [0.2, 0.25) is 5.71 Å². The zero-order chi connectivity index (χ0) is 19.4. The molecule has 8 nitrogen and oxygen atoms in total.